The highest BCUT2D eigenvalue weighted by atomic mass is 19.1. The summed E-state index contributed by atoms with van der Waals surface area (Å²) in [6, 6.07) is 11.9. The number of nitrogen functional groups attached to an aromatic ring is 1. The van der Waals surface area contributed by atoms with Crippen LogP contribution < -0.4 is 5.73 Å². The average molecular weight is 203 g/mol. The number of alkyl halides is 1. The van der Waals surface area contributed by atoms with Gasteiger partial charge in [0, 0.05) is 5.69 Å². The van der Waals surface area contributed by atoms with Crippen LogP contribution in [0, 0.1) is 0 Å². The molecule has 0 radical (unpaired) electrons. The van der Waals surface area contributed by atoms with Gasteiger partial charge in [0.15, 0.2) is 0 Å². The van der Waals surface area contributed by atoms with Gasteiger partial charge in [0.25, 0.3) is 0 Å². The van der Waals surface area contributed by atoms with E-state index in [2.05, 4.69) is 0 Å². The molecule has 0 aliphatic rings. The Morgan fingerprint density at radius 2 is 2.00 bits per heavy atom. The maximum absolute atomic E-state index is 12.1. The number of nitrogens with two attached hydrogens (primary N) is 1. The summed E-state index contributed by atoms with van der Waals surface area (Å²) in [6.45, 7) is -0.259. The second-order valence-corrected chi connectivity index (χ2v) is 3.69. The van der Waals surface area contributed by atoms with Crippen molar-refractivity contribution in [2.45, 2.75) is 12.8 Å². The first-order valence-corrected chi connectivity index (χ1v) is 5.14. The zero-order chi connectivity index (χ0) is 10.7. The predicted molar refractivity (Wildman–Crippen MR) is 62.7 cm³/mol. The minimum Gasteiger partial charge on any atom is -0.399 e. The molecule has 0 spiro atoms. The number of hydrogen-bond donors (Lipinski definition) is 1. The molecule has 2 aromatic rings. The smallest absolute Gasteiger partial charge is 0.0897 e. The van der Waals surface area contributed by atoms with Crippen molar-refractivity contribution >= 4 is 16.5 Å². The number of anilines is 1. The molecule has 0 atom stereocenters. The van der Waals surface area contributed by atoms with Crippen molar-refractivity contribution in [3.05, 3.63) is 42.0 Å². The Hall–Kier alpha value is -1.57. The molecule has 15 heavy (non-hydrogen) atoms. The highest BCUT2D eigenvalue weighted by molar-refractivity contribution is 5.88. The van der Waals surface area contributed by atoms with E-state index in [1.54, 1.807) is 0 Å². The molecule has 2 rings (SSSR count). The molecular formula is C13H14FN. The van der Waals surface area contributed by atoms with Crippen molar-refractivity contribution in [1.82, 2.24) is 0 Å². The van der Waals surface area contributed by atoms with E-state index in [0.29, 0.717) is 6.42 Å². The maximum Gasteiger partial charge on any atom is 0.0897 e. The molecule has 0 unspecified atom stereocenters. The molecule has 2 heteroatoms. The highest BCUT2D eigenvalue weighted by Gasteiger charge is 2.00. The lowest BCUT2D eigenvalue weighted by atomic mass is 10.0. The van der Waals surface area contributed by atoms with E-state index in [0.717, 1.165) is 17.5 Å². The molecule has 0 saturated heterocycles. The molecule has 0 aromatic heterocycles. The standard InChI is InChI=1S/C13H14FN/c14-8-2-5-10-3-1-4-11-9-12(15)6-7-13(10)11/h1,3-4,6-7,9H,2,5,8,15H2. The van der Waals surface area contributed by atoms with Crippen LogP contribution in [0.4, 0.5) is 10.1 Å². The van der Waals surface area contributed by atoms with Gasteiger partial charge < -0.3 is 5.73 Å². The Kier molecular flexibility index (Phi) is 2.86. The summed E-state index contributed by atoms with van der Waals surface area (Å²) in [4.78, 5) is 0. The first-order valence-electron chi connectivity index (χ1n) is 5.14. The summed E-state index contributed by atoms with van der Waals surface area (Å²) in [7, 11) is 0. The summed E-state index contributed by atoms with van der Waals surface area (Å²) in [5.74, 6) is 0. The lowest BCUT2D eigenvalue weighted by Crippen LogP contribution is -1.90. The van der Waals surface area contributed by atoms with Crippen LogP contribution in [0.1, 0.15) is 12.0 Å². The van der Waals surface area contributed by atoms with Crippen LogP contribution in [-0.2, 0) is 6.42 Å². The molecule has 1 nitrogen and oxygen atoms in total. The number of halogens is 1. The molecule has 2 aromatic carbocycles. The highest BCUT2D eigenvalue weighted by Crippen LogP contribution is 2.22. The second kappa shape index (κ2) is 4.30. The summed E-state index contributed by atoms with van der Waals surface area (Å²) in [6.07, 6.45) is 1.38. The largest absolute Gasteiger partial charge is 0.399 e. The van der Waals surface area contributed by atoms with Crippen molar-refractivity contribution < 1.29 is 4.39 Å². The Morgan fingerprint density at radius 3 is 2.80 bits per heavy atom. The van der Waals surface area contributed by atoms with Gasteiger partial charge in [0.05, 0.1) is 6.67 Å². The topological polar surface area (TPSA) is 26.0 Å². The molecule has 0 aliphatic heterocycles. The molecule has 0 bridgehead atoms. The lowest BCUT2D eigenvalue weighted by Gasteiger charge is -2.06. The van der Waals surface area contributed by atoms with Gasteiger partial charge in [-0.2, -0.15) is 0 Å². The van der Waals surface area contributed by atoms with E-state index < -0.39 is 0 Å². The third-order valence-corrected chi connectivity index (χ3v) is 2.57. The van der Waals surface area contributed by atoms with E-state index in [1.165, 1.54) is 10.9 Å². The molecule has 0 aliphatic carbocycles. The minimum absolute atomic E-state index is 0.259. The van der Waals surface area contributed by atoms with Gasteiger partial charge in [0.2, 0.25) is 0 Å². The van der Waals surface area contributed by atoms with E-state index in [-0.39, 0.29) is 6.67 Å². The monoisotopic (exact) mass is 203 g/mol. The summed E-state index contributed by atoms with van der Waals surface area (Å²) in [5, 5.41) is 2.31. The van der Waals surface area contributed by atoms with Gasteiger partial charge in [-0.05, 0) is 41.3 Å². The SMILES string of the molecule is Nc1ccc2c(CCCF)cccc2c1. The predicted octanol–water partition coefficient (Wildman–Crippen LogP) is 3.32. The van der Waals surface area contributed by atoms with Gasteiger partial charge in [-0.3, -0.25) is 4.39 Å². The fourth-order valence-corrected chi connectivity index (χ4v) is 1.84. The molecule has 78 valence electrons. The fraction of sp³-hybridized carbons (Fsp3) is 0.231. The van der Waals surface area contributed by atoms with Gasteiger partial charge in [-0.1, -0.05) is 24.3 Å². The van der Waals surface area contributed by atoms with Crippen molar-refractivity contribution in [3.8, 4) is 0 Å². The fourth-order valence-electron chi connectivity index (χ4n) is 1.84. The van der Waals surface area contributed by atoms with E-state index >= 15 is 0 Å². The van der Waals surface area contributed by atoms with Crippen molar-refractivity contribution in [2.75, 3.05) is 12.4 Å². The molecule has 0 fully saturated rings. The Morgan fingerprint density at radius 1 is 1.13 bits per heavy atom. The molecule has 0 saturated carbocycles. The minimum atomic E-state index is -0.259. The van der Waals surface area contributed by atoms with Crippen LogP contribution in [0.3, 0.4) is 0 Å². The quantitative estimate of drug-likeness (QED) is 0.761. The van der Waals surface area contributed by atoms with Crippen LogP contribution in [0.25, 0.3) is 10.8 Å². The number of rotatable bonds is 3. The van der Waals surface area contributed by atoms with Crippen molar-refractivity contribution in [1.29, 1.82) is 0 Å². The normalized spacial score (nSPS) is 10.7. The van der Waals surface area contributed by atoms with Gasteiger partial charge in [-0.15, -0.1) is 0 Å². The molecular weight excluding hydrogens is 189 g/mol. The van der Waals surface area contributed by atoms with Gasteiger partial charge >= 0.3 is 0 Å². The van der Waals surface area contributed by atoms with Crippen molar-refractivity contribution in [3.63, 3.8) is 0 Å². The Labute approximate surface area is 88.7 Å². The van der Waals surface area contributed by atoms with Crippen LogP contribution >= 0.6 is 0 Å². The van der Waals surface area contributed by atoms with Crippen LogP contribution in [0.5, 0.6) is 0 Å². The zero-order valence-corrected chi connectivity index (χ0v) is 8.54. The number of benzene rings is 2. The van der Waals surface area contributed by atoms with Crippen LogP contribution in [0.15, 0.2) is 36.4 Å². The van der Waals surface area contributed by atoms with E-state index in [1.807, 2.05) is 36.4 Å². The van der Waals surface area contributed by atoms with Gasteiger partial charge in [0.1, 0.15) is 0 Å². The second-order valence-electron chi connectivity index (χ2n) is 3.69. The van der Waals surface area contributed by atoms with E-state index in [4.69, 9.17) is 5.73 Å². The van der Waals surface area contributed by atoms with E-state index in [9.17, 15) is 4.39 Å². The average Bonchev–Trinajstić information content (AvgIpc) is 2.25. The van der Waals surface area contributed by atoms with Crippen LogP contribution in [0.2, 0.25) is 0 Å². The first-order chi connectivity index (χ1) is 7.31. The first kappa shape index (κ1) is 9.97. The third-order valence-electron chi connectivity index (χ3n) is 2.57. The lowest BCUT2D eigenvalue weighted by molar-refractivity contribution is 0.473. The zero-order valence-electron chi connectivity index (χ0n) is 8.54. The molecule has 0 heterocycles. The summed E-state index contributed by atoms with van der Waals surface area (Å²) in [5.41, 5.74) is 7.68. The number of hydrogen-bond acceptors (Lipinski definition) is 1. The van der Waals surface area contributed by atoms with Crippen molar-refractivity contribution in [2.24, 2.45) is 0 Å². The summed E-state index contributed by atoms with van der Waals surface area (Å²) >= 11 is 0. The Balaban J connectivity index is 2.46. The number of aryl methyl sites for hydroxylation is 1. The summed E-state index contributed by atoms with van der Waals surface area (Å²) < 4.78 is 12.1. The molecule has 0 amide bonds. The number of fused-ring (bicyclic) bond motifs is 1. The molecule has 2 N–H and O–H groups in total. The maximum atomic E-state index is 12.1. The third kappa shape index (κ3) is 2.09. The Bertz CT molecular complexity index is 465. The van der Waals surface area contributed by atoms with Gasteiger partial charge in [-0.25, -0.2) is 0 Å². The van der Waals surface area contributed by atoms with Crippen LogP contribution in [-0.4, -0.2) is 6.67 Å².